The molecule has 0 aromatic rings. The number of sulfone groups is 1. The minimum atomic E-state index is -2.95. The molecule has 0 spiro atoms. The summed E-state index contributed by atoms with van der Waals surface area (Å²) in [6, 6.07) is -0.233. The molecule has 1 aliphatic carbocycles. The van der Waals surface area contributed by atoms with E-state index in [2.05, 4.69) is 0 Å². The predicted molar refractivity (Wildman–Crippen MR) is 74.4 cm³/mol. The molecule has 1 saturated carbocycles. The van der Waals surface area contributed by atoms with E-state index in [1.807, 2.05) is 0 Å². The van der Waals surface area contributed by atoms with Crippen molar-refractivity contribution in [3.8, 4) is 0 Å². The van der Waals surface area contributed by atoms with Crippen LogP contribution >= 0.6 is 0 Å². The van der Waals surface area contributed by atoms with Crippen molar-refractivity contribution in [1.29, 1.82) is 0 Å². The van der Waals surface area contributed by atoms with E-state index >= 15 is 0 Å². The van der Waals surface area contributed by atoms with Gasteiger partial charge in [0.15, 0.2) is 9.84 Å². The van der Waals surface area contributed by atoms with Crippen LogP contribution in [0.5, 0.6) is 0 Å². The summed E-state index contributed by atoms with van der Waals surface area (Å²) in [7, 11) is -1.22. The minimum absolute atomic E-state index is 0.0384. The van der Waals surface area contributed by atoms with Crippen LogP contribution in [-0.4, -0.2) is 49.9 Å². The van der Waals surface area contributed by atoms with E-state index in [1.165, 1.54) is 0 Å². The average Bonchev–Trinajstić information content (AvgIpc) is 2.57. The van der Waals surface area contributed by atoms with Crippen LogP contribution in [0.4, 0.5) is 0 Å². The molecule has 3 unspecified atom stereocenters. The molecule has 6 heteroatoms. The molecule has 19 heavy (non-hydrogen) atoms. The van der Waals surface area contributed by atoms with Crippen LogP contribution in [0.1, 0.15) is 38.5 Å². The van der Waals surface area contributed by atoms with Gasteiger partial charge in [0, 0.05) is 19.1 Å². The molecule has 2 aliphatic rings. The van der Waals surface area contributed by atoms with E-state index in [1.54, 1.807) is 11.9 Å². The third kappa shape index (κ3) is 3.48. The predicted octanol–water partition coefficient (Wildman–Crippen LogP) is 0.540. The summed E-state index contributed by atoms with van der Waals surface area (Å²) in [5, 5.41) is 0. The van der Waals surface area contributed by atoms with Gasteiger partial charge in [0.25, 0.3) is 0 Å². The molecular weight excluding hydrogens is 264 g/mol. The molecule has 2 N–H and O–H groups in total. The highest BCUT2D eigenvalue weighted by atomic mass is 32.2. The maximum absolute atomic E-state index is 12.5. The Hall–Kier alpha value is -0.620. The third-order valence-corrected chi connectivity index (χ3v) is 6.24. The Kier molecular flexibility index (Phi) is 4.50. The summed E-state index contributed by atoms with van der Waals surface area (Å²) >= 11 is 0. The molecule has 1 saturated heterocycles. The summed E-state index contributed by atoms with van der Waals surface area (Å²) < 4.78 is 23.0. The van der Waals surface area contributed by atoms with E-state index in [0.29, 0.717) is 6.42 Å². The fourth-order valence-electron chi connectivity index (χ4n) is 3.17. The lowest BCUT2D eigenvalue weighted by atomic mass is 9.93. The number of rotatable bonds is 2. The van der Waals surface area contributed by atoms with Crippen LogP contribution in [0.2, 0.25) is 0 Å². The summed E-state index contributed by atoms with van der Waals surface area (Å²) in [4.78, 5) is 14.1. The van der Waals surface area contributed by atoms with Gasteiger partial charge in [-0.2, -0.15) is 0 Å². The molecule has 5 nitrogen and oxygen atoms in total. The fourth-order valence-corrected chi connectivity index (χ4v) is 4.94. The Bertz CT molecular complexity index is 435. The number of nitrogens with two attached hydrogens (primary N) is 1. The second kappa shape index (κ2) is 5.79. The van der Waals surface area contributed by atoms with Gasteiger partial charge in [0.2, 0.25) is 5.91 Å². The standard InChI is InChI=1S/C13H24N2O3S/c1-15(10-7-8-19(17,18)9-10)13(16)11-5-3-2-4-6-12(11)14/h10-12H,2-9,14H2,1H3. The molecule has 0 radical (unpaired) electrons. The van der Waals surface area contributed by atoms with Crippen LogP contribution in [0.15, 0.2) is 0 Å². The summed E-state index contributed by atoms with van der Waals surface area (Å²) in [6.07, 6.45) is 5.57. The molecule has 110 valence electrons. The number of carbonyl (C=O) groups excluding carboxylic acids is 1. The smallest absolute Gasteiger partial charge is 0.227 e. The molecule has 1 aliphatic heterocycles. The SMILES string of the molecule is CN(C(=O)C1CCCCCC1N)C1CCS(=O)(=O)C1. The monoisotopic (exact) mass is 288 g/mol. The van der Waals surface area contributed by atoms with Gasteiger partial charge in [0.05, 0.1) is 17.4 Å². The number of hydrogen-bond acceptors (Lipinski definition) is 4. The first-order chi connectivity index (χ1) is 8.91. The molecule has 1 heterocycles. The van der Waals surface area contributed by atoms with Crippen LogP contribution in [-0.2, 0) is 14.6 Å². The summed E-state index contributed by atoms with van der Waals surface area (Å²) in [5.74, 6) is 0.218. The van der Waals surface area contributed by atoms with E-state index in [0.717, 1.165) is 32.1 Å². The Morgan fingerprint density at radius 2 is 1.84 bits per heavy atom. The van der Waals surface area contributed by atoms with Gasteiger partial charge >= 0.3 is 0 Å². The molecular formula is C13H24N2O3S. The second-order valence-corrected chi connectivity index (χ2v) is 8.14. The molecule has 0 aromatic heterocycles. The second-order valence-electron chi connectivity index (χ2n) is 5.91. The Balaban J connectivity index is 2.02. The van der Waals surface area contributed by atoms with Crippen molar-refractivity contribution in [3.63, 3.8) is 0 Å². The van der Waals surface area contributed by atoms with Gasteiger partial charge in [-0.25, -0.2) is 8.42 Å². The van der Waals surface area contributed by atoms with Crippen molar-refractivity contribution in [2.24, 2.45) is 11.7 Å². The first kappa shape index (κ1) is 14.8. The lowest BCUT2D eigenvalue weighted by molar-refractivity contribution is -0.136. The average molecular weight is 288 g/mol. The lowest BCUT2D eigenvalue weighted by Gasteiger charge is -2.30. The number of amides is 1. The number of hydrogen-bond donors (Lipinski definition) is 1. The van der Waals surface area contributed by atoms with E-state index < -0.39 is 9.84 Å². The fraction of sp³-hybridized carbons (Fsp3) is 0.923. The number of carbonyl (C=O) groups is 1. The van der Waals surface area contributed by atoms with Crippen molar-refractivity contribution >= 4 is 15.7 Å². The van der Waals surface area contributed by atoms with E-state index in [-0.39, 0.29) is 35.4 Å². The molecule has 0 aromatic carbocycles. The highest BCUT2D eigenvalue weighted by Crippen LogP contribution is 2.26. The maximum Gasteiger partial charge on any atom is 0.227 e. The zero-order valence-electron chi connectivity index (χ0n) is 11.5. The van der Waals surface area contributed by atoms with Crippen molar-refractivity contribution in [3.05, 3.63) is 0 Å². The normalized spacial score (nSPS) is 34.7. The zero-order chi connectivity index (χ0) is 14.0. The third-order valence-electron chi connectivity index (χ3n) is 4.49. The first-order valence-electron chi connectivity index (χ1n) is 7.13. The molecule has 1 amide bonds. The van der Waals surface area contributed by atoms with Crippen molar-refractivity contribution in [1.82, 2.24) is 4.90 Å². The zero-order valence-corrected chi connectivity index (χ0v) is 12.4. The highest BCUT2D eigenvalue weighted by molar-refractivity contribution is 7.91. The summed E-state index contributed by atoms with van der Waals surface area (Å²) in [5.41, 5.74) is 6.10. The lowest BCUT2D eigenvalue weighted by Crippen LogP contribution is -2.46. The first-order valence-corrected chi connectivity index (χ1v) is 8.95. The largest absolute Gasteiger partial charge is 0.341 e. The van der Waals surface area contributed by atoms with Crippen molar-refractivity contribution < 1.29 is 13.2 Å². The van der Waals surface area contributed by atoms with Gasteiger partial charge in [-0.15, -0.1) is 0 Å². The Labute approximate surface area is 115 Å². The van der Waals surface area contributed by atoms with Gasteiger partial charge in [-0.1, -0.05) is 19.3 Å². The topological polar surface area (TPSA) is 80.5 Å². The van der Waals surface area contributed by atoms with Gasteiger partial charge in [0.1, 0.15) is 0 Å². The summed E-state index contributed by atoms with van der Waals surface area (Å²) in [6.45, 7) is 0. The number of nitrogens with zero attached hydrogens (tertiary/aromatic N) is 1. The molecule has 3 atom stereocenters. The van der Waals surface area contributed by atoms with E-state index in [4.69, 9.17) is 5.73 Å². The van der Waals surface area contributed by atoms with Crippen LogP contribution in [0.3, 0.4) is 0 Å². The van der Waals surface area contributed by atoms with Crippen LogP contribution < -0.4 is 5.73 Å². The van der Waals surface area contributed by atoms with Crippen LogP contribution in [0.25, 0.3) is 0 Å². The Morgan fingerprint density at radius 3 is 2.47 bits per heavy atom. The Morgan fingerprint density at radius 1 is 1.16 bits per heavy atom. The van der Waals surface area contributed by atoms with Crippen molar-refractivity contribution in [2.45, 2.75) is 50.6 Å². The van der Waals surface area contributed by atoms with E-state index in [9.17, 15) is 13.2 Å². The minimum Gasteiger partial charge on any atom is -0.341 e. The maximum atomic E-state index is 12.5. The highest BCUT2D eigenvalue weighted by Gasteiger charge is 2.36. The molecule has 2 fully saturated rings. The van der Waals surface area contributed by atoms with Gasteiger partial charge in [-0.05, 0) is 19.3 Å². The quantitative estimate of drug-likeness (QED) is 0.752. The van der Waals surface area contributed by atoms with Crippen molar-refractivity contribution in [2.75, 3.05) is 18.6 Å². The van der Waals surface area contributed by atoms with Crippen LogP contribution in [0, 0.1) is 5.92 Å². The molecule has 0 bridgehead atoms. The van der Waals surface area contributed by atoms with Gasteiger partial charge in [-0.3, -0.25) is 4.79 Å². The van der Waals surface area contributed by atoms with Gasteiger partial charge < -0.3 is 10.6 Å². The molecule has 2 rings (SSSR count).